The molecule has 26 heavy (non-hydrogen) atoms. The second-order valence-electron chi connectivity index (χ2n) is 6.72. The van der Waals surface area contributed by atoms with Crippen molar-refractivity contribution in [2.75, 3.05) is 5.32 Å². The molecule has 2 heterocycles. The maximum Gasteiger partial charge on any atom is 0.248 e. The Hall–Kier alpha value is -3.21. The number of hydrogen-bond donors (Lipinski definition) is 1. The minimum atomic E-state index is 0.0527. The Bertz CT molecular complexity index is 986. The second kappa shape index (κ2) is 6.26. The number of tetrazole rings is 1. The van der Waals surface area contributed by atoms with E-state index < -0.39 is 0 Å². The van der Waals surface area contributed by atoms with Crippen LogP contribution in [0.3, 0.4) is 0 Å². The van der Waals surface area contributed by atoms with E-state index in [0.29, 0.717) is 5.95 Å². The minimum Gasteiger partial charge on any atom is -0.323 e. The summed E-state index contributed by atoms with van der Waals surface area (Å²) >= 11 is 0. The summed E-state index contributed by atoms with van der Waals surface area (Å²) in [5.41, 5.74) is 6.32. The van der Waals surface area contributed by atoms with Gasteiger partial charge in [0.25, 0.3) is 0 Å². The predicted molar refractivity (Wildman–Crippen MR) is 101 cm³/mol. The first-order chi connectivity index (χ1) is 12.9. The van der Waals surface area contributed by atoms with Crippen molar-refractivity contribution in [3.8, 4) is 0 Å². The van der Waals surface area contributed by atoms with E-state index in [-0.39, 0.29) is 6.04 Å². The van der Waals surface area contributed by atoms with E-state index in [9.17, 15) is 0 Å². The zero-order valence-electron chi connectivity index (χ0n) is 14.3. The number of rotatable bonds is 2. The van der Waals surface area contributed by atoms with E-state index in [1.54, 1.807) is 0 Å². The van der Waals surface area contributed by atoms with Crippen LogP contribution in [0.5, 0.6) is 0 Å². The van der Waals surface area contributed by atoms with Crippen LogP contribution in [0, 0.1) is 0 Å². The summed E-state index contributed by atoms with van der Waals surface area (Å²) in [6, 6.07) is 21.0. The molecule has 0 spiro atoms. The van der Waals surface area contributed by atoms with Crippen LogP contribution in [-0.2, 0) is 0 Å². The van der Waals surface area contributed by atoms with E-state index >= 15 is 0 Å². The van der Waals surface area contributed by atoms with Gasteiger partial charge in [0.1, 0.15) is 6.04 Å². The molecule has 0 radical (unpaired) electrons. The fraction of sp³-hybridized carbons (Fsp3) is 0.190. The van der Waals surface area contributed by atoms with Crippen molar-refractivity contribution in [3.05, 3.63) is 88.6 Å². The summed E-state index contributed by atoms with van der Waals surface area (Å²) in [5, 5.41) is 15.8. The Labute approximate surface area is 152 Å². The molecular formula is C21H19N5. The largest absolute Gasteiger partial charge is 0.323 e. The van der Waals surface area contributed by atoms with Gasteiger partial charge in [0.2, 0.25) is 5.95 Å². The smallest absolute Gasteiger partial charge is 0.248 e. The van der Waals surface area contributed by atoms with Gasteiger partial charge in [0.15, 0.2) is 0 Å². The summed E-state index contributed by atoms with van der Waals surface area (Å²) in [5.74, 6) is 0.707. The van der Waals surface area contributed by atoms with Gasteiger partial charge in [0, 0.05) is 5.70 Å². The van der Waals surface area contributed by atoms with Crippen LogP contribution in [0.1, 0.15) is 36.4 Å². The summed E-state index contributed by atoms with van der Waals surface area (Å²) in [7, 11) is 0. The van der Waals surface area contributed by atoms with Crippen molar-refractivity contribution >= 4 is 12.0 Å². The molecule has 0 unspecified atom stereocenters. The number of fused-ring (bicyclic) bond motifs is 1. The number of hydrogen-bond acceptors (Lipinski definition) is 4. The number of aromatic nitrogens is 4. The molecular weight excluding hydrogens is 322 g/mol. The topological polar surface area (TPSA) is 55.6 Å². The number of nitrogens with zero attached hydrogens (tertiary/aromatic N) is 4. The van der Waals surface area contributed by atoms with Gasteiger partial charge in [-0.3, -0.25) is 0 Å². The van der Waals surface area contributed by atoms with Crippen molar-refractivity contribution in [2.24, 2.45) is 0 Å². The molecule has 0 saturated carbocycles. The Kier molecular flexibility index (Phi) is 3.63. The number of benzene rings is 2. The van der Waals surface area contributed by atoms with Gasteiger partial charge < -0.3 is 5.32 Å². The summed E-state index contributed by atoms with van der Waals surface area (Å²) in [6.45, 7) is 0. The lowest BCUT2D eigenvalue weighted by atomic mass is 9.83. The van der Waals surface area contributed by atoms with Gasteiger partial charge in [-0.25, -0.2) is 0 Å². The zero-order chi connectivity index (χ0) is 17.3. The fourth-order valence-electron chi connectivity index (χ4n) is 3.94. The zero-order valence-corrected chi connectivity index (χ0v) is 14.3. The van der Waals surface area contributed by atoms with E-state index in [1.807, 2.05) is 16.8 Å². The Morgan fingerprint density at radius 1 is 0.962 bits per heavy atom. The predicted octanol–water partition coefficient (Wildman–Crippen LogP) is 4.21. The fourth-order valence-corrected chi connectivity index (χ4v) is 3.94. The molecule has 1 N–H and O–H groups in total. The molecule has 128 valence electrons. The first-order valence-corrected chi connectivity index (χ1v) is 8.99. The lowest BCUT2D eigenvalue weighted by Crippen LogP contribution is -2.28. The molecule has 1 aliphatic heterocycles. The number of anilines is 1. The van der Waals surface area contributed by atoms with E-state index in [2.05, 4.69) is 75.4 Å². The summed E-state index contributed by atoms with van der Waals surface area (Å²) in [4.78, 5) is 0. The molecule has 0 saturated heterocycles. The number of nitrogens with one attached hydrogen (secondary N) is 1. The highest BCUT2D eigenvalue weighted by molar-refractivity contribution is 5.65. The van der Waals surface area contributed by atoms with Crippen molar-refractivity contribution in [1.29, 1.82) is 0 Å². The van der Waals surface area contributed by atoms with Crippen LogP contribution in [-0.4, -0.2) is 20.2 Å². The molecule has 1 aliphatic carbocycles. The Morgan fingerprint density at radius 2 is 1.73 bits per heavy atom. The van der Waals surface area contributed by atoms with E-state index in [1.165, 1.54) is 28.0 Å². The van der Waals surface area contributed by atoms with Crippen LogP contribution in [0.2, 0.25) is 0 Å². The first-order valence-electron chi connectivity index (χ1n) is 8.99. The van der Waals surface area contributed by atoms with E-state index in [0.717, 1.165) is 19.3 Å². The average molecular weight is 341 g/mol. The lowest BCUT2D eigenvalue weighted by Gasteiger charge is -2.34. The van der Waals surface area contributed by atoms with Crippen LogP contribution in [0.4, 0.5) is 5.95 Å². The molecule has 5 heteroatoms. The normalized spacial score (nSPS) is 20.5. The molecule has 1 aromatic heterocycles. The standard InChI is InChI=1S/C21H19N5/c1-3-8-15(9-4-1)14-17-12-7-13-18-19(17)22-21-23-24-25-26(21)20(18)16-10-5-2-6-11-16/h1-6,8-11,14,20H,7,12-13H2,(H,22,23,25)/b17-14-/t20-/m0/s1. The van der Waals surface area contributed by atoms with Gasteiger partial charge in [-0.05, 0) is 58.0 Å². The average Bonchev–Trinajstić information content (AvgIpc) is 3.16. The molecule has 0 bridgehead atoms. The molecule has 2 aromatic carbocycles. The highest BCUT2D eigenvalue weighted by atomic mass is 15.6. The second-order valence-corrected chi connectivity index (χ2v) is 6.72. The molecule has 5 nitrogen and oxygen atoms in total. The highest BCUT2D eigenvalue weighted by Gasteiger charge is 2.33. The van der Waals surface area contributed by atoms with Crippen LogP contribution < -0.4 is 5.32 Å². The van der Waals surface area contributed by atoms with Crippen molar-refractivity contribution in [1.82, 2.24) is 20.2 Å². The third kappa shape index (κ3) is 2.52. The van der Waals surface area contributed by atoms with Gasteiger partial charge in [-0.1, -0.05) is 65.8 Å². The van der Waals surface area contributed by atoms with Gasteiger partial charge >= 0.3 is 0 Å². The van der Waals surface area contributed by atoms with Crippen LogP contribution in [0.15, 0.2) is 77.5 Å². The number of allylic oxidation sites excluding steroid dienone is 2. The Morgan fingerprint density at radius 3 is 2.54 bits per heavy atom. The third-order valence-electron chi connectivity index (χ3n) is 5.09. The molecule has 1 atom stereocenters. The molecule has 0 fully saturated rings. The highest BCUT2D eigenvalue weighted by Crippen LogP contribution is 2.43. The minimum absolute atomic E-state index is 0.0527. The first kappa shape index (κ1) is 15.1. The summed E-state index contributed by atoms with van der Waals surface area (Å²) < 4.78 is 1.90. The van der Waals surface area contributed by atoms with Gasteiger partial charge in [0.05, 0.1) is 0 Å². The Balaban J connectivity index is 1.66. The summed E-state index contributed by atoms with van der Waals surface area (Å²) in [6.07, 6.45) is 5.53. The van der Waals surface area contributed by atoms with Crippen LogP contribution >= 0.6 is 0 Å². The van der Waals surface area contributed by atoms with E-state index in [4.69, 9.17) is 0 Å². The monoisotopic (exact) mass is 341 g/mol. The molecule has 2 aliphatic rings. The molecule has 0 amide bonds. The quantitative estimate of drug-likeness (QED) is 0.758. The van der Waals surface area contributed by atoms with Crippen LogP contribution in [0.25, 0.3) is 6.08 Å². The molecule has 3 aromatic rings. The van der Waals surface area contributed by atoms with Gasteiger partial charge in [-0.15, -0.1) is 0 Å². The van der Waals surface area contributed by atoms with Gasteiger partial charge in [-0.2, -0.15) is 4.68 Å². The van der Waals surface area contributed by atoms with Crippen molar-refractivity contribution < 1.29 is 0 Å². The molecule has 5 rings (SSSR count). The maximum absolute atomic E-state index is 4.25. The van der Waals surface area contributed by atoms with Crippen molar-refractivity contribution in [3.63, 3.8) is 0 Å². The van der Waals surface area contributed by atoms with Crippen molar-refractivity contribution in [2.45, 2.75) is 25.3 Å². The maximum atomic E-state index is 4.25. The lowest BCUT2D eigenvalue weighted by molar-refractivity contribution is 0.524. The SMILES string of the molecule is C(=C1\CCCC2=C1Nc1nnnn1[C@H]2c1ccccc1)/c1ccccc1. The third-order valence-corrected chi connectivity index (χ3v) is 5.09.